The smallest absolute Gasteiger partial charge is 0.110 e. The summed E-state index contributed by atoms with van der Waals surface area (Å²) in [5, 5.41) is 3.29. The van der Waals surface area contributed by atoms with Gasteiger partial charge in [0.2, 0.25) is 0 Å². The molecule has 0 bridgehead atoms. The quantitative estimate of drug-likeness (QED) is 0.453. The van der Waals surface area contributed by atoms with Crippen LogP contribution in [0.2, 0.25) is 0 Å². The second-order valence-electron chi connectivity index (χ2n) is 7.92. The van der Waals surface area contributed by atoms with Crippen molar-refractivity contribution in [2.45, 2.75) is 78.7 Å². The summed E-state index contributed by atoms with van der Waals surface area (Å²) in [5.74, 6) is 3.36. The van der Waals surface area contributed by atoms with Crippen molar-refractivity contribution in [3.05, 3.63) is 17.1 Å². The highest BCUT2D eigenvalue weighted by molar-refractivity contribution is 5.00. The van der Waals surface area contributed by atoms with Gasteiger partial charge in [0.15, 0.2) is 0 Å². The van der Waals surface area contributed by atoms with Crippen LogP contribution in [0.3, 0.4) is 0 Å². The summed E-state index contributed by atoms with van der Waals surface area (Å²) < 4.78 is 0. The second-order valence-corrected chi connectivity index (χ2v) is 7.92. The van der Waals surface area contributed by atoms with Crippen molar-refractivity contribution in [2.75, 3.05) is 0 Å². The van der Waals surface area contributed by atoms with Gasteiger partial charge in [-0.2, -0.15) is 4.91 Å². The van der Waals surface area contributed by atoms with E-state index < -0.39 is 0 Å². The van der Waals surface area contributed by atoms with Crippen molar-refractivity contribution in [3.8, 4) is 0 Å². The molecule has 2 aliphatic rings. The third-order valence-electron chi connectivity index (χ3n) is 6.70. The van der Waals surface area contributed by atoms with E-state index in [-0.39, 0.29) is 6.04 Å². The van der Waals surface area contributed by atoms with Gasteiger partial charge < -0.3 is 0 Å². The van der Waals surface area contributed by atoms with E-state index in [2.05, 4.69) is 25.9 Å². The van der Waals surface area contributed by atoms with E-state index in [4.69, 9.17) is 0 Å². The van der Waals surface area contributed by atoms with Crippen molar-refractivity contribution < 1.29 is 0 Å². The van der Waals surface area contributed by atoms with Crippen molar-refractivity contribution in [1.29, 1.82) is 0 Å². The van der Waals surface area contributed by atoms with Crippen LogP contribution in [0, 0.1) is 34.0 Å². The summed E-state index contributed by atoms with van der Waals surface area (Å²) in [6, 6.07) is -0.118. The van der Waals surface area contributed by atoms with Gasteiger partial charge in [0.25, 0.3) is 0 Å². The Labute approximate surface area is 130 Å². The van der Waals surface area contributed by atoms with Gasteiger partial charge in [0.1, 0.15) is 6.04 Å². The molecule has 21 heavy (non-hydrogen) atoms. The van der Waals surface area contributed by atoms with Gasteiger partial charge in [-0.05, 0) is 61.7 Å². The predicted octanol–water partition coefficient (Wildman–Crippen LogP) is 5.97. The fraction of sp³-hybridized carbons (Fsp3) is 0.895. The van der Waals surface area contributed by atoms with Crippen LogP contribution in [-0.2, 0) is 0 Å². The number of hydrogen-bond donors (Lipinski definition) is 0. The van der Waals surface area contributed by atoms with Gasteiger partial charge in [-0.15, -0.1) is 0 Å². The zero-order valence-electron chi connectivity index (χ0n) is 14.3. The number of hydrogen-bond acceptors (Lipinski definition) is 2. The minimum absolute atomic E-state index is 0.118. The maximum Gasteiger partial charge on any atom is 0.110 e. The molecule has 0 amide bonds. The fourth-order valence-electron chi connectivity index (χ4n) is 5.58. The first-order chi connectivity index (χ1) is 10.0. The Morgan fingerprint density at radius 2 is 2.00 bits per heavy atom. The average molecular weight is 291 g/mol. The number of rotatable bonds is 5. The van der Waals surface area contributed by atoms with E-state index in [1.807, 2.05) is 19.1 Å². The maximum absolute atomic E-state index is 11.0. The van der Waals surface area contributed by atoms with Crippen LogP contribution in [0.4, 0.5) is 0 Å². The van der Waals surface area contributed by atoms with Gasteiger partial charge in [-0.1, -0.05) is 57.4 Å². The topological polar surface area (TPSA) is 29.4 Å². The highest BCUT2D eigenvalue weighted by atomic mass is 16.3. The van der Waals surface area contributed by atoms with Gasteiger partial charge in [-0.3, -0.25) is 0 Å². The van der Waals surface area contributed by atoms with Gasteiger partial charge in [-0.25, -0.2) is 0 Å². The van der Waals surface area contributed by atoms with E-state index in [0.29, 0.717) is 5.41 Å². The molecule has 0 aromatic heterocycles. The Morgan fingerprint density at radius 3 is 2.67 bits per heavy atom. The molecule has 0 aromatic carbocycles. The van der Waals surface area contributed by atoms with Crippen LogP contribution in [-0.4, -0.2) is 6.04 Å². The number of fused-ring (bicyclic) bond motifs is 1. The first-order valence-electron chi connectivity index (χ1n) is 8.98. The Morgan fingerprint density at radius 1 is 1.24 bits per heavy atom. The molecule has 0 spiro atoms. The van der Waals surface area contributed by atoms with E-state index in [0.717, 1.165) is 30.1 Å². The zero-order valence-corrected chi connectivity index (χ0v) is 14.3. The predicted molar refractivity (Wildman–Crippen MR) is 90.1 cm³/mol. The molecule has 0 heterocycles. The molecule has 2 heteroatoms. The monoisotopic (exact) mass is 291 g/mol. The van der Waals surface area contributed by atoms with Crippen molar-refractivity contribution in [2.24, 2.45) is 34.3 Å². The lowest BCUT2D eigenvalue weighted by Gasteiger charge is -2.55. The molecule has 0 radical (unpaired) electrons. The lowest BCUT2D eigenvalue weighted by molar-refractivity contribution is -0.0605. The summed E-state index contributed by atoms with van der Waals surface area (Å²) in [7, 11) is 0. The Hall–Kier alpha value is -0.660. The average Bonchev–Trinajstić information content (AvgIpc) is 2.45. The van der Waals surface area contributed by atoms with Crippen molar-refractivity contribution in [3.63, 3.8) is 0 Å². The third-order valence-corrected chi connectivity index (χ3v) is 6.70. The molecule has 2 saturated carbocycles. The minimum Gasteiger partial charge on any atom is -0.150 e. The molecule has 0 N–H and O–H groups in total. The maximum atomic E-state index is 11.0. The second kappa shape index (κ2) is 7.07. The van der Waals surface area contributed by atoms with Gasteiger partial charge in [0, 0.05) is 0 Å². The van der Waals surface area contributed by atoms with E-state index >= 15 is 0 Å². The molecule has 0 aromatic rings. The van der Waals surface area contributed by atoms with Crippen LogP contribution < -0.4 is 0 Å². The van der Waals surface area contributed by atoms with Gasteiger partial charge in [0.05, 0.1) is 0 Å². The molecule has 5 unspecified atom stereocenters. The summed E-state index contributed by atoms with van der Waals surface area (Å²) >= 11 is 0. The van der Waals surface area contributed by atoms with Crippen molar-refractivity contribution in [1.82, 2.24) is 0 Å². The Kier molecular flexibility index (Phi) is 5.62. The first-order valence-corrected chi connectivity index (χ1v) is 8.98. The Bertz CT molecular complexity index is 378. The summed E-state index contributed by atoms with van der Waals surface area (Å²) in [6.45, 7) is 9.42. The fourth-order valence-corrected chi connectivity index (χ4v) is 5.58. The van der Waals surface area contributed by atoms with Crippen molar-refractivity contribution >= 4 is 0 Å². The van der Waals surface area contributed by atoms with Crippen LogP contribution in [0.5, 0.6) is 0 Å². The molecular formula is C19H33NO. The van der Waals surface area contributed by atoms with E-state index in [1.165, 1.54) is 38.5 Å². The van der Waals surface area contributed by atoms with Crippen LogP contribution in [0.15, 0.2) is 17.3 Å². The molecule has 2 aliphatic carbocycles. The summed E-state index contributed by atoms with van der Waals surface area (Å²) in [5.41, 5.74) is 0.499. The molecule has 2 nitrogen and oxygen atoms in total. The minimum atomic E-state index is -0.118. The molecule has 120 valence electrons. The lowest BCUT2D eigenvalue weighted by Crippen LogP contribution is -2.47. The number of nitrogens with zero attached hydrogens (tertiary/aromatic N) is 1. The summed E-state index contributed by atoms with van der Waals surface area (Å²) in [4.78, 5) is 11.0. The van der Waals surface area contributed by atoms with E-state index in [1.54, 1.807) is 0 Å². The molecule has 0 saturated heterocycles. The molecule has 2 fully saturated rings. The largest absolute Gasteiger partial charge is 0.150 e. The third kappa shape index (κ3) is 3.40. The van der Waals surface area contributed by atoms with Crippen LogP contribution >= 0.6 is 0 Å². The Balaban J connectivity index is 2.09. The molecule has 0 aliphatic heterocycles. The highest BCUT2D eigenvalue weighted by Gasteiger charge is 2.49. The summed E-state index contributed by atoms with van der Waals surface area (Å²) in [6.07, 6.45) is 13.0. The molecule has 2 rings (SSSR count). The number of allylic oxidation sites excluding steroid dienone is 1. The highest BCUT2D eigenvalue weighted by Crippen LogP contribution is 2.58. The zero-order chi connectivity index (χ0) is 15.5. The number of nitroso groups, excluding NO2 is 1. The molecule has 6 atom stereocenters. The first kappa shape index (κ1) is 16.7. The van der Waals surface area contributed by atoms with Gasteiger partial charge >= 0.3 is 0 Å². The molecular weight excluding hydrogens is 258 g/mol. The standard InChI is InChI=1S/C19H33NO/c1-5-7-16(20-21)10-12-18-15(3)9-11-17-14(2)8-6-13-19(17,18)4/h5,7,14-18H,6,8-13H2,1-4H3/b7-5+/t14?,15?,16-,17?,18?,19?/m0/s1. The van der Waals surface area contributed by atoms with Crippen LogP contribution in [0.25, 0.3) is 0 Å². The lowest BCUT2D eigenvalue weighted by atomic mass is 9.49. The van der Waals surface area contributed by atoms with Crippen LogP contribution in [0.1, 0.15) is 72.6 Å². The van der Waals surface area contributed by atoms with E-state index in [9.17, 15) is 4.91 Å². The normalized spacial score (nSPS) is 41.7. The SMILES string of the molecule is C/C=C/[C@@H](CCC1C(C)CCC2C(C)CCCC21C)N=O.